The van der Waals surface area contributed by atoms with Crippen LogP contribution < -0.4 is 0 Å². The Labute approximate surface area is 94.4 Å². The highest BCUT2D eigenvalue weighted by Crippen LogP contribution is 2.29. The Morgan fingerprint density at radius 3 is 2.56 bits per heavy atom. The molecule has 1 N–H and O–H groups in total. The number of carbonyl (C=O) groups is 1. The van der Waals surface area contributed by atoms with Crippen LogP contribution in [-0.2, 0) is 9.53 Å². The van der Waals surface area contributed by atoms with E-state index in [0.29, 0.717) is 12.0 Å². The lowest BCUT2D eigenvalue weighted by Crippen LogP contribution is -2.03. The van der Waals surface area contributed by atoms with Crippen LogP contribution in [0.4, 0.5) is 0 Å². The van der Waals surface area contributed by atoms with Crippen LogP contribution in [0.25, 0.3) is 5.57 Å². The van der Waals surface area contributed by atoms with Crippen molar-refractivity contribution >= 4 is 11.5 Å². The van der Waals surface area contributed by atoms with E-state index < -0.39 is 5.97 Å². The summed E-state index contributed by atoms with van der Waals surface area (Å²) in [6.45, 7) is 2.39. The Kier molecular flexibility index (Phi) is 3.06. The molecule has 3 nitrogen and oxygen atoms in total. The van der Waals surface area contributed by atoms with Crippen LogP contribution in [-0.4, -0.2) is 23.8 Å². The minimum absolute atomic E-state index is 0.199. The first kappa shape index (κ1) is 10.9. The quantitative estimate of drug-likeness (QED) is 0.623. The van der Waals surface area contributed by atoms with Crippen molar-refractivity contribution in [3.8, 4) is 0 Å². The first-order valence-electron chi connectivity index (χ1n) is 5.28. The minimum Gasteiger partial charge on any atom is -0.478 e. The summed E-state index contributed by atoms with van der Waals surface area (Å²) in [7, 11) is 0. The molecule has 0 saturated carbocycles. The number of hydrogen-bond acceptors (Lipinski definition) is 2. The van der Waals surface area contributed by atoms with E-state index in [9.17, 15) is 4.79 Å². The van der Waals surface area contributed by atoms with E-state index in [1.807, 2.05) is 30.3 Å². The molecule has 0 radical (unpaired) electrons. The fourth-order valence-corrected chi connectivity index (χ4v) is 1.67. The third-order valence-corrected chi connectivity index (χ3v) is 2.73. The molecule has 1 aliphatic heterocycles. The van der Waals surface area contributed by atoms with Crippen LogP contribution in [0, 0.1) is 0 Å². The molecule has 1 fully saturated rings. The molecule has 84 valence electrons. The third-order valence-electron chi connectivity index (χ3n) is 2.73. The highest BCUT2D eigenvalue weighted by atomic mass is 16.6. The Morgan fingerprint density at radius 1 is 1.44 bits per heavy atom. The maximum absolute atomic E-state index is 11.0. The number of carboxylic acids is 1. The standard InChI is InChI=1S/C13H14O3/c1-9(13(14)15)12(7-11-8-16-11)10-5-3-2-4-6-10/h2-6,11H,7-8H2,1H3,(H,14,15). The second-order valence-electron chi connectivity index (χ2n) is 3.93. The summed E-state index contributed by atoms with van der Waals surface area (Å²) in [6, 6.07) is 9.62. The Balaban J connectivity index is 2.34. The molecule has 1 heterocycles. The third kappa shape index (κ3) is 2.49. The van der Waals surface area contributed by atoms with Crippen molar-refractivity contribution in [2.45, 2.75) is 19.4 Å². The second kappa shape index (κ2) is 4.49. The molecule has 0 spiro atoms. The number of benzene rings is 1. The first-order chi connectivity index (χ1) is 7.68. The zero-order chi connectivity index (χ0) is 11.5. The van der Waals surface area contributed by atoms with Gasteiger partial charge in [0, 0.05) is 12.0 Å². The predicted molar refractivity (Wildman–Crippen MR) is 61.0 cm³/mol. The summed E-state index contributed by atoms with van der Waals surface area (Å²) < 4.78 is 5.16. The molecule has 1 aromatic rings. The molecule has 0 aliphatic carbocycles. The molecule has 1 aromatic carbocycles. The largest absolute Gasteiger partial charge is 0.478 e. The van der Waals surface area contributed by atoms with Crippen molar-refractivity contribution in [1.29, 1.82) is 0 Å². The highest BCUT2D eigenvalue weighted by molar-refractivity contribution is 5.95. The fraction of sp³-hybridized carbons (Fsp3) is 0.308. The first-order valence-corrected chi connectivity index (χ1v) is 5.28. The topological polar surface area (TPSA) is 49.8 Å². The monoisotopic (exact) mass is 218 g/mol. The predicted octanol–water partition coefficient (Wildman–Crippen LogP) is 2.33. The Hall–Kier alpha value is -1.61. The average Bonchev–Trinajstić information content (AvgIpc) is 3.10. The SMILES string of the molecule is CC(C(=O)O)=C(CC1CO1)c1ccccc1. The van der Waals surface area contributed by atoms with Crippen LogP contribution in [0.5, 0.6) is 0 Å². The van der Waals surface area contributed by atoms with E-state index in [4.69, 9.17) is 9.84 Å². The smallest absolute Gasteiger partial charge is 0.331 e. The van der Waals surface area contributed by atoms with Crippen molar-refractivity contribution < 1.29 is 14.6 Å². The van der Waals surface area contributed by atoms with Gasteiger partial charge in [0.2, 0.25) is 0 Å². The molecule has 16 heavy (non-hydrogen) atoms. The molecule has 0 aromatic heterocycles. The molecule has 0 bridgehead atoms. The number of hydrogen-bond donors (Lipinski definition) is 1. The van der Waals surface area contributed by atoms with Gasteiger partial charge in [-0.2, -0.15) is 0 Å². The number of epoxide rings is 1. The van der Waals surface area contributed by atoms with Gasteiger partial charge in [0.1, 0.15) is 0 Å². The van der Waals surface area contributed by atoms with E-state index in [1.165, 1.54) is 0 Å². The van der Waals surface area contributed by atoms with Crippen LogP contribution in [0.15, 0.2) is 35.9 Å². The summed E-state index contributed by atoms with van der Waals surface area (Å²) in [5.74, 6) is -0.862. The van der Waals surface area contributed by atoms with Crippen molar-refractivity contribution in [2.75, 3.05) is 6.61 Å². The van der Waals surface area contributed by atoms with Gasteiger partial charge in [-0.05, 0) is 18.1 Å². The molecule has 1 saturated heterocycles. The van der Waals surface area contributed by atoms with Crippen molar-refractivity contribution in [3.63, 3.8) is 0 Å². The summed E-state index contributed by atoms with van der Waals surface area (Å²) >= 11 is 0. The summed E-state index contributed by atoms with van der Waals surface area (Å²) in [4.78, 5) is 11.0. The van der Waals surface area contributed by atoms with Crippen LogP contribution in [0.1, 0.15) is 18.9 Å². The van der Waals surface area contributed by atoms with E-state index >= 15 is 0 Å². The number of aliphatic carboxylic acids is 1. The molecule has 1 unspecified atom stereocenters. The number of ether oxygens (including phenoxy) is 1. The lowest BCUT2D eigenvalue weighted by Gasteiger charge is -2.08. The second-order valence-corrected chi connectivity index (χ2v) is 3.93. The van der Waals surface area contributed by atoms with E-state index in [2.05, 4.69) is 0 Å². The normalized spacial score (nSPS) is 20.2. The van der Waals surface area contributed by atoms with Crippen molar-refractivity contribution in [2.24, 2.45) is 0 Å². The van der Waals surface area contributed by atoms with Gasteiger partial charge in [0.05, 0.1) is 12.7 Å². The molecule has 2 rings (SSSR count). The zero-order valence-electron chi connectivity index (χ0n) is 9.14. The lowest BCUT2D eigenvalue weighted by molar-refractivity contribution is -0.132. The maximum atomic E-state index is 11.0. The van der Waals surface area contributed by atoms with Crippen LogP contribution in [0.2, 0.25) is 0 Å². The molecule has 3 heteroatoms. The van der Waals surface area contributed by atoms with Crippen LogP contribution >= 0.6 is 0 Å². The summed E-state index contributed by atoms with van der Waals surface area (Å²) in [5.41, 5.74) is 2.25. The zero-order valence-corrected chi connectivity index (χ0v) is 9.14. The molecule has 1 aliphatic rings. The van der Waals surface area contributed by atoms with Gasteiger partial charge in [-0.3, -0.25) is 0 Å². The van der Waals surface area contributed by atoms with E-state index in [0.717, 1.165) is 17.7 Å². The summed E-state index contributed by atoms with van der Waals surface area (Å²) in [5, 5.41) is 9.05. The highest BCUT2D eigenvalue weighted by Gasteiger charge is 2.26. The fourth-order valence-electron chi connectivity index (χ4n) is 1.67. The van der Waals surface area contributed by atoms with E-state index in [-0.39, 0.29) is 6.10 Å². The number of carboxylic acid groups (broad SMARTS) is 1. The molecule has 0 amide bonds. The van der Waals surface area contributed by atoms with Gasteiger partial charge in [0.25, 0.3) is 0 Å². The summed E-state index contributed by atoms with van der Waals surface area (Å²) in [6.07, 6.45) is 0.881. The van der Waals surface area contributed by atoms with Gasteiger partial charge in [-0.1, -0.05) is 30.3 Å². The van der Waals surface area contributed by atoms with Gasteiger partial charge in [-0.25, -0.2) is 4.79 Å². The molecular formula is C13H14O3. The van der Waals surface area contributed by atoms with Gasteiger partial charge in [0.15, 0.2) is 0 Å². The molecular weight excluding hydrogens is 204 g/mol. The Morgan fingerprint density at radius 2 is 2.06 bits per heavy atom. The number of rotatable bonds is 4. The van der Waals surface area contributed by atoms with E-state index in [1.54, 1.807) is 6.92 Å². The van der Waals surface area contributed by atoms with Crippen molar-refractivity contribution in [1.82, 2.24) is 0 Å². The average molecular weight is 218 g/mol. The van der Waals surface area contributed by atoms with Crippen molar-refractivity contribution in [3.05, 3.63) is 41.5 Å². The van der Waals surface area contributed by atoms with Gasteiger partial charge >= 0.3 is 5.97 Å². The molecule has 1 atom stereocenters. The Bertz CT molecular complexity index is 416. The van der Waals surface area contributed by atoms with Gasteiger partial charge < -0.3 is 9.84 Å². The maximum Gasteiger partial charge on any atom is 0.331 e. The lowest BCUT2D eigenvalue weighted by atomic mass is 9.96. The van der Waals surface area contributed by atoms with Crippen LogP contribution in [0.3, 0.4) is 0 Å². The minimum atomic E-state index is -0.862. The van der Waals surface area contributed by atoms with Gasteiger partial charge in [-0.15, -0.1) is 0 Å².